The molecule has 6 heteroatoms. The lowest BCUT2D eigenvalue weighted by Gasteiger charge is -2.34. The third-order valence-corrected chi connectivity index (χ3v) is 6.55. The quantitative estimate of drug-likeness (QED) is 0.532. The summed E-state index contributed by atoms with van der Waals surface area (Å²) in [5.41, 5.74) is 3.09. The molecule has 1 aliphatic rings. The van der Waals surface area contributed by atoms with Crippen molar-refractivity contribution in [1.29, 1.82) is 0 Å². The second kappa shape index (κ2) is 9.70. The molecule has 5 nitrogen and oxygen atoms in total. The molecule has 3 aromatic rings. The Hall–Kier alpha value is -2.92. The van der Waals surface area contributed by atoms with Gasteiger partial charge in [0.05, 0.1) is 16.8 Å². The summed E-state index contributed by atoms with van der Waals surface area (Å²) in [6, 6.07) is 17.1. The number of aromatic nitrogens is 1. The number of nitrogens with zero attached hydrogens (tertiary/aromatic N) is 3. The molecule has 0 aliphatic carbocycles. The number of carbonyl (C=O) groups excluding carboxylic acids is 2. The maximum atomic E-state index is 13.6. The SMILES string of the molecule is CCN(CC)C(=O)C1CCN(C(=O)c2cc(-c3ccc(Cl)cc3)nc3ccccc23)CC1. The third kappa shape index (κ3) is 4.49. The number of pyridine rings is 1. The van der Waals surface area contributed by atoms with Crippen LogP contribution in [0.25, 0.3) is 22.2 Å². The Kier molecular flexibility index (Phi) is 6.75. The predicted molar refractivity (Wildman–Crippen MR) is 129 cm³/mol. The molecule has 0 bridgehead atoms. The van der Waals surface area contributed by atoms with Crippen molar-refractivity contribution in [3.05, 3.63) is 65.2 Å². The molecule has 1 aliphatic heterocycles. The number of amides is 2. The fourth-order valence-corrected chi connectivity index (χ4v) is 4.54. The molecular formula is C26H28ClN3O2. The van der Waals surface area contributed by atoms with Gasteiger partial charge in [0.25, 0.3) is 5.91 Å². The number of carbonyl (C=O) groups is 2. The highest BCUT2D eigenvalue weighted by molar-refractivity contribution is 6.30. The Morgan fingerprint density at radius 3 is 2.34 bits per heavy atom. The van der Waals surface area contributed by atoms with Gasteiger partial charge in [-0.25, -0.2) is 4.98 Å². The molecule has 0 spiro atoms. The van der Waals surface area contributed by atoms with E-state index in [1.807, 2.05) is 78.2 Å². The van der Waals surface area contributed by atoms with E-state index in [1.54, 1.807) is 0 Å². The minimum Gasteiger partial charge on any atom is -0.343 e. The smallest absolute Gasteiger partial charge is 0.254 e. The van der Waals surface area contributed by atoms with E-state index in [1.165, 1.54) is 0 Å². The number of hydrogen-bond acceptors (Lipinski definition) is 3. The maximum absolute atomic E-state index is 13.6. The van der Waals surface area contributed by atoms with E-state index < -0.39 is 0 Å². The second-order valence-electron chi connectivity index (χ2n) is 8.16. The Labute approximate surface area is 194 Å². The highest BCUT2D eigenvalue weighted by Crippen LogP contribution is 2.28. The lowest BCUT2D eigenvalue weighted by Crippen LogP contribution is -2.44. The van der Waals surface area contributed by atoms with Gasteiger partial charge in [-0.2, -0.15) is 0 Å². The second-order valence-corrected chi connectivity index (χ2v) is 8.59. The van der Waals surface area contributed by atoms with Gasteiger partial charge in [-0.3, -0.25) is 9.59 Å². The van der Waals surface area contributed by atoms with Gasteiger partial charge in [-0.05, 0) is 51.0 Å². The molecule has 0 N–H and O–H groups in total. The number of halogens is 1. The Balaban J connectivity index is 1.60. The summed E-state index contributed by atoms with van der Waals surface area (Å²) in [6.45, 7) is 6.64. The molecule has 0 saturated carbocycles. The molecule has 0 radical (unpaired) electrons. The van der Waals surface area contributed by atoms with Crippen molar-refractivity contribution < 1.29 is 9.59 Å². The average Bonchev–Trinajstić information content (AvgIpc) is 2.84. The summed E-state index contributed by atoms with van der Waals surface area (Å²) in [6.07, 6.45) is 1.41. The summed E-state index contributed by atoms with van der Waals surface area (Å²) < 4.78 is 0. The zero-order valence-electron chi connectivity index (χ0n) is 18.6. The van der Waals surface area contributed by atoms with E-state index in [0.29, 0.717) is 36.5 Å². The summed E-state index contributed by atoms with van der Waals surface area (Å²) in [5.74, 6) is 0.201. The van der Waals surface area contributed by atoms with E-state index in [-0.39, 0.29) is 17.7 Å². The van der Waals surface area contributed by atoms with Gasteiger partial charge in [0, 0.05) is 48.1 Å². The molecule has 1 fully saturated rings. The molecule has 0 unspecified atom stereocenters. The van der Waals surface area contributed by atoms with Gasteiger partial charge in [0.1, 0.15) is 0 Å². The molecule has 2 aromatic carbocycles. The van der Waals surface area contributed by atoms with Crippen molar-refractivity contribution in [2.75, 3.05) is 26.2 Å². The zero-order valence-corrected chi connectivity index (χ0v) is 19.3. The van der Waals surface area contributed by atoms with Crippen LogP contribution < -0.4 is 0 Å². The Bertz CT molecular complexity index is 1120. The topological polar surface area (TPSA) is 53.5 Å². The van der Waals surface area contributed by atoms with Crippen LogP contribution in [0.1, 0.15) is 37.0 Å². The molecular weight excluding hydrogens is 422 g/mol. The van der Waals surface area contributed by atoms with Gasteiger partial charge in [0.2, 0.25) is 5.91 Å². The van der Waals surface area contributed by atoms with E-state index in [2.05, 4.69) is 0 Å². The van der Waals surface area contributed by atoms with E-state index in [9.17, 15) is 9.59 Å². The zero-order chi connectivity index (χ0) is 22.7. The average molecular weight is 450 g/mol. The van der Waals surface area contributed by atoms with Gasteiger partial charge in [-0.15, -0.1) is 0 Å². The van der Waals surface area contributed by atoms with Crippen LogP contribution in [0.15, 0.2) is 54.6 Å². The van der Waals surface area contributed by atoms with Crippen molar-refractivity contribution in [1.82, 2.24) is 14.8 Å². The number of benzene rings is 2. The van der Waals surface area contributed by atoms with Crippen LogP contribution in [-0.4, -0.2) is 52.8 Å². The molecule has 166 valence electrons. The molecule has 4 rings (SSSR count). The van der Waals surface area contributed by atoms with E-state index in [4.69, 9.17) is 16.6 Å². The van der Waals surface area contributed by atoms with Crippen LogP contribution >= 0.6 is 11.6 Å². The number of rotatable bonds is 5. The molecule has 0 atom stereocenters. The highest BCUT2D eigenvalue weighted by Gasteiger charge is 2.30. The van der Waals surface area contributed by atoms with Crippen molar-refractivity contribution in [2.45, 2.75) is 26.7 Å². The van der Waals surface area contributed by atoms with Crippen molar-refractivity contribution in [3.63, 3.8) is 0 Å². The monoisotopic (exact) mass is 449 g/mol. The molecule has 2 heterocycles. The fraction of sp³-hybridized carbons (Fsp3) is 0.346. The summed E-state index contributed by atoms with van der Waals surface area (Å²) >= 11 is 6.04. The van der Waals surface area contributed by atoms with Crippen LogP contribution in [0.3, 0.4) is 0 Å². The van der Waals surface area contributed by atoms with Crippen LogP contribution in [-0.2, 0) is 4.79 Å². The largest absolute Gasteiger partial charge is 0.343 e. The molecule has 32 heavy (non-hydrogen) atoms. The third-order valence-electron chi connectivity index (χ3n) is 6.29. The first-order chi connectivity index (χ1) is 15.5. The van der Waals surface area contributed by atoms with Crippen molar-refractivity contribution in [3.8, 4) is 11.3 Å². The first kappa shape index (κ1) is 22.3. The van der Waals surface area contributed by atoms with Crippen LogP contribution in [0, 0.1) is 5.92 Å². The number of para-hydroxylation sites is 1. The van der Waals surface area contributed by atoms with E-state index in [0.717, 1.165) is 35.2 Å². The Morgan fingerprint density at radius 1 is 1.03 bits per heavy atom. The normalized spacial score (nSPS) is 14.5. The van der Waals surface area contributed by atoms with Gasteiger partial charge < -0.3 is 9.80 Å². The lowest BCUT2D eigenvalue weighted by molar-refractivity contribution is -0.136. The molecule has 1 aromatic heterocycles. The minimum absolute atomic E-state index is 0.00207. The lowest BCUT2D eigenvalue weighted by atomic mass is 9.94. The summed E-state index contributed by atoms with van der Waals surface area (Å²) in [7, 11) is 0. The molecule has 2 amide bonds. The van der Waals surface area contributed by atoms with Crippen LogP contribution in [0.4, 0.5) is 0 Å². The maximum Gasteiger partial charge on any atom is 0.254 e. The predicted octanol–water partition coefficient (Wildman–Crippen LogP) is 5.28. The number of hydrogen-bond donors (Lipinski definition) is 0. The van der Waals surface area contributed by atoms with Crippen LogP contribution in [0.5, 0.6) is 0 Å². The van der Waals surface area contributed by atoms with Gasteiger partial charge in [0.15, 0.2) is 0 Å². The van der Waals surface area contributed by atoms with Gasteiger partial charge >= 0.3 is 0 Å². The Morgan fingerprint density at radius 2 is 1.69 bits per heavy atom. The summed E-state index contributed by atoms with van der Waals surface area (Å²) in [4.78, 5) is 34.8. The van der Waals surface area contributed by atoms with Crippen molar-refractivity contribution >= 4 is 34.3 Å². The number of fused-ring (bicyclic) bond motifs is 1. The number of piperidine rings is 1. The minimum atomic E-state index is -0.00690. The van der Waals surface area contributed by atoms with Crippen molar-refractivity contribution in [2.24, 2.45) is 5.92 Å². The number of likely N-dealkylation sites (tertiary alicyclic amines) is 1. The fourth-order valence-electron chi connectivity index (χ4n) is 4.41. The first-order valence-corrected chi connectivity index (χ1v) is 11.6. The standard InChI is InChI=1S/C26H28ClN3O2/c1-3-29(4-2)25(31)19-13-15-30(16-14-19)26(32)22-17-24(18-9-11-20(27)12-10-18)28-23-8-6-5-7-21(22)23/h5-12,17,19H,3-4,13-16H2,1-2H3. The van der Waals surface area contributed by atoms with E-state index >= 15 is 0 Å². The molecule has 1 saturated heterocycles. The summed E-state index contributed by atoms with van der Waals surface area (Å²) in [5, 5.41) is 1.50. The highest BCUT2D eigenvalue weighted by atomic mass is 35.5. The first-order valence-electron chi connectivity index (χ1n) is 11.3. The van der Waals surface area contributed by atoms with Gasteiger partial charge in [-0.1, -0.05) is 41.9 Å². The van der Waals surface area contributed by atoms with Crippen LogP contribution in [0.2, 0.25) is 5.02 Å².